The number of anilines is 2. The number of hydrogen-bond acceptors (Lipinski definition) is 8. The van der Waals surface area contributed by atoms with Gasteiger partial charge in [0, 0.05) is 24.3 Å². The normalized spacial score (nSPS) is 18.3. The molecule has 0 aliphatic heterocycles. The molecule has 4 rings (SSSR count). The van der Waals surface area contributed by atoms with E-state index in [0.29, 0.717) is 11.6 Å². The highest BCUT2D eigenvalue weighted by molar-refractivity contribution is 5.84. The minimum absolute atomic E-state index is 0.104. The van der Waals surface area contributed by atoms with Crippen LogP contribution in [0.3, 0.4) is 0 Å². The van der Waals surface area contributed by atoms with Gasteiger partial charge in [0.05, 0.1) is 18.1 Å². The van der Waals surface area contributed by atoms with Crippen molar-refractivity contribution in [3.05, 3.63) is 65.0 Å². The van der Waals surface area contributed by atoms with E-state index in [9.17, 15) is 9.59 Å². The quantitative estimate of drug-likeness (QED) is 0.570. The number of aromatic nitrogens is 5. The van der Waals surface area contributed by atoms with Crippen molar-refractivity contribution in [1.82, 2.24) is 24.7 Å². The third-order valence-corrected chi connectivity index (χ3v) is 4.75. The van der Waals surface area contributed by atoms with Crippen LogP contribution in [0.5, 0.6) is 0 Å². The van der Waals surface area contributed by atoms with E-state index in [-0.39, 0.29) is 23.3 Å². The van der Waals surface area contributed by atoms with Gasteiger partial charge in [0.1, 0.15) is 5.82 Å². The predicted octanol–water partition coefficient (Wildman–Crippen LogP) is 1.56. The Bertz CT molecular complexity index is 1050. The van der Waals surface area contributed by atoms with Crippen molar-refractivity contribution < 1.29 is 9.90 Å². The van der Waals surface area contributed by atoms with Gasteiger partial charge in [-0.3, -0.25) is 9.36 Å². The lowest BCUT2D eigenvalue weighted by Gasteiger charge is -2.15. The van der Waals surface area contributed by atoms with Crippen LogP contribution in [0, 0.1) is 0 Å². The minimum atomic E-state index is -1.16. The molecule has 1 aliphatic carbocycles. The molecular weight excluding hydrogens is 374 g/mol. The Morgan fingerprint density at radius 2 is 1.86 bits per heavy atom. The average Bonchev–Trinajstić information content (AvgIpc) is 3.16. The molecule has 0 amide bonds. The summed E-state index contributed by atoms with van der Waals surface area (Å²) in [6.07, 6.45) is 7.26. The highest BCUT2D eigenvalue weighted by atomic mass is 16.4. The van der Waals surface area contributed by atoms with Crippen molar-refractivity contribution in [1.29, 1.82) is 0 Å². The molecule has 148 valence electrons. The minimum Gasteiger partial charge on any atom is -0.476 e. The number of pyridine rings is 2. The molecule has 1 fully saturated rings. The third kappa shape index (κ3) is 4.37. The van der Waals surface area contributed by atoms with Gasteiger partial charge >= 0.3 is 5.97 Å². The lowest BCUT2D eigenvalue weighted by Crippen LogP contribution is -2.22. The number of aromatic carboxylic acids is 1. The number of nitrogens with zero attached hydrogens (tertiary/aromatic N) is 5. The fourth-order valence-electron chi connectivity index (χ4n) is 3.33. The van der Waals surface area contributed by atoms with Gasteiger partial charge in [0.15, 0.2) is 5.69 Å². The summed E-state index contributed by atoms with van der Waals surface area (Å²) in [5.41, 5.74) is 0.420. The molecule has 10 nitrogen and oxygen atoms in total. The summed E-state index contributed by atoms with van der Waals surface area (Å²) in [5.74, 6) is -0.0964. The first-order chi connectivity index (χ1) is 14.1. The van der Waals surface area contributed by atoms with Gasteiger partial charge < -0.3 is 15.7 Å². The van der Waals surface area contributed by atoms with Crippen molar-refractivity contribution in [3.8, 4) is 5.69 Å². The smallest absolute Gasteiger partial charge is 0.358 e. The molecule has 0 bridgehead atoms. The summed E-state index contributed by atoms with van der Waals surface area (Å²) in [7, 11) is 0. The largest absolute Gasteiger partial charge is 0.476 e. The summed E-state index contributed by atoms with van der Waals surface area (Å²) in [5, 5.41) is 22.8. The van der Waals surface area contributed by atoms with Crippen LogP contribution >= 0.6 is 0 Å². The Morgan fingerprint density at radius 3 is 2.52 bits per heavy atom. The highest BCUT2D eigenvalue weighted by Crippen LogP contribution is 2.24. The number of rotatable bonds is 6. The van der Waals surface area contributed by atoms with Crippen molar-refractivity contribution in [3.63, 3.8) is 0 Å². The molecule has 0 saturated heterocycles. The molecule has 0 aromatic carbocycles. The molecule has 10 heteroatoms. The van der Waals surface area contributed by atoms with Crippen molar-refractivity contribution in [2.75, 3.05) is 10.6 Å². The number of carboxylic acid groups (broad SMARTS) is 1. The Kier molecular flexibility index (Phi) is 5.14. The molecule has 2 atom stereocenters. The second-order valence-corrected chi connectivity index (χ2v) is 6.78. The van der Waals surface area contributed by atoms with Gasteiger partial charge in [-0.1, -0.05) is 6.07 Å². The van der Waals surface area contributed by atoms with E-state index in [4.69, 9.17) is 5.11 Å². The lowest BCUT2D eigenvalue weighted by molar-refractivity contribution is 0.0688. The van der Waals surface area contributed by atoms with Gasteiger partial charge in [-0.25, -0.2) is 14.8 Å². The van der Waals surface area contributed by atoms with Gasteiger partial charge in [-0.15, -0.1) is 10.2 Å². The van der Waals surface area contributed by atoms with E-state index in [1.807, 2.05) is 12.1 Å². The zero-order valence-electron chi connectivity index (χ0n) is 15.4. The Morgan fingerprint density at radius 1 is 1.03 bits per heavy atom. The number of carbonyl (C=O) groups is 1. The van der Waals surface area contributed by atoms with Crippen LogP contribution in [0.2, 0.25) is 0 Å². The van der Waals surface area contributed by atoms with E-state index < -0.39 is 5.97 Å². The summed E-state index contributed by atoms with van der Waals surface area (Å²) < 4.78 is 1.54. The molecule has 0 unspecified atom stereocenters. The van der Waals surface area contributed by atoms with Crippen LogP contribution in [0.25, 0.3) is 5.69 Å². The molecule has 3 heterocycles. The molecule has 1 saturated carbocycles. The number of hydrogen-bond donors (Lipinski definition) is 3. The van der Waals surface area contributed by atoms with Gasteiger partial charge in [-0.05, 0) is 37.5 Å². The Balaban J connectivity index is 1.33. The van der Waals surface area contributed by atoms with Crippen molar-refractivity contribution in [2.45, 2.75) is 31.3 Å². The summed E-state index contributed by atoms with van der Waals surface area (Å²) >= 11 is 0. The first kappa shape index (κ1) is 18.5. The second kappa shape index (κ2) is 8.05. The zero-order chi connectivity index (χ0) is 20.2. The molecule has 3 aromatic heterocycles. The Hall–Kier alpha value is -3.82. The molecule has 0 radical (unpaired) electrons. The second-order valence-electron chi connectivity index (χ2n) is 6.78. The van der Waals surface area contributed by atoms with Gasteiger partial charge in [-0.2, -0.15) is 0 Å². The van der Waals surface area contributed by atoms with Crippen molar-refractivity contribution in [2.24, 2.45) is 0 Å². The fraction of sp³-hybridized carbons (Fsp3) is 0.263. The first-order valence-electron chi connectivity index (χ1n) is 9.19. The van der Waals surface area contributed by atoms with Crippen LogP contribution in [0.15, 0.2) is 53.7 Å². The lowest BCUT2D eigenvalue weighted by atomic mass is 10.2. The van der Waals surface area contributed by atoms with Crippen LogP contribution in [-0.4, -0.2) is 47.9 Å². The molecular formula is C19H19N7O3. The van der Waals surface area contributed by atoms with E-state index in [0.717, 1.165) is 25.1 Å². The fourth-order valence-corrected chi connectivity index (χ4v) is 3.33. The maximum atomic E-state index is 11.9. The summed E-state index contributed by atoms with van der Waals surface area (Å²) in [4.78, 5) is 31.1. The molecule has 1 aliphatic rings. The van der Waals surface area contributed by atoms with Gasteiger partial charge in [0.25, 0.3) is 5.56 Å². The molecule has 29 heavy (non-hydrogen) atoms. The maximum Gasteiger partial charge on any atom is 0.358 e. The van der Waals surface area contributed by atoms with Crippen LogP contribution in [-0.2, 0) is 0 Å². The molecule has 3 aromatic rings. The average molecular weight is 393 g/mol. The molecule has 0 spiro atoms. The standard InChI is InChI=1S/C19H19N7O3/c27-17-3-1-2-8-26(17)14-6-7-16(20-10-14)22-12-4-5-13(9-12)23-19-21-11-15(18(28)29)24-25-19/h1-3,6-8,10-13H,4-5,9H2,(H,20,22)(H,28,29)(H,21,23,25)/t12-,13-/m0/s1. The van der Waals surface area contributed by atoms with E-state index in [1.54, 1.807) is 24.5 Å². The van der Waals surface area contributed by atoms with Crippen LogP contribution in [0.1, 0.15) is 29.8 Å². The number of carboxylic acids is 1. The third-order valence-electron chi connectivity index (χ3n) is 4.75. The van der Waals surface area contributed by atoms with E-state index in [1.165, 1.54) is 16.8 Å². The summed E-state index contributed by atoms with van der Waals surface area (Å²) in [6, 6.07) is 9.11. The predicted molar refractivity (Wildman–Crippen MR) is 105 cm³/mol. The van der Waals surface area contributed by atoms with Crippen LogP contribution < -0.4 is 16.2 Å². The zero-order valence-corrected chi connectivity index (χ0v) is 15.4. The van der Waals surface area contributed by atoms with E-state index in [2.05, 4.69) is 30.8 Å². The molecule has 3 N–H and O–H groups in total. The van der Waals surface area contributed by atoms with Crippen LogP contribution in [0.4, 0.5) is 11.8 Å². The number of nitrogens with one attached hydrogen (secondary N) is 2. The first-order valence-corrected chi connectivity index (χ1v) is 9.19. The summed E-state index contributed by atoms with van der Waals surface area (Å²) in [6.45, 7) is 0. The topological polar surface area (TPSA) is 135 Å². The van der Waals surface area contributed by atoms with Crippen molar-refractivity contribution >= 4 is 17.7 Å². The van der Waals surface area contributed by atoms with Gasteiger partial charge in [0.2, 0.25) is 5.95 Å². The SMILES string of the molecule is O=C(O)c1cnc(N[C@H]2CC[C@H](Nc3ccc(-n4ccccc4=O)cn3)C2)nn1. The Labute approximate surface area is 165 Å². The monoisotopic (exact) mass is 393 g/mol. The van der Waals surface area contributed by atoms with E-state index >= 15 is 0 Å². The maximum absolute atomic E-state index is 11.9. The highest BCUT2D eigenvalue weighted by Gasteiger charge is 2.25.